The van der Waals surface area contributed by atoms with Crippen molar-refractivity contribution >= 4 is 28.5 Å². The van der Waals surface area contributed by atoms with E-state index in [0.717, 1.165) is 0 Å². The number of aryl methyl sites for hydroxylation is 1. The molecular formula is C25H16ClF2NO3. The van der Waals surface area contributed by atoms with E-state index in [1.54, 1.807) is 25.1 Å². The van der Waals surface area contributed by atoms with Gasteiger partial charge in [-0.25, -0.2) is 8.78 Å². The van der Waals surface area contributed by atoms with Crippen LogP contribution in [0.4, 0.5) is 8.78 Å². The monoisotopic (exact) mass is 451 g/mol. The van der Waals surface area contributed by atoms with E-state index in [4.69, 9.17) is 16.0 Å². The normalized spacial score (nSPS) is 15.4. The third kappa shape index (κ3) is 3.28. The zero-order valence-electron chi connectivity index (χ0n) is 16.9. The smallest absolute Gasteiger partial charge is 0.291 e. The van der Waals surface area contributed by atoms with Gasteiger partial charge in [-0.15, -0.1) is 0 Å². The SMILES string of the molecule is Cc1cc2oc3c(c(=O)c2cc1Cl)C(c1ccc(F)cc1)N(Cc1ccc(F)cc1)C3=O. The number of halogens is 3. The lowest BCUT2D eigenvalue weighted by atomic mass is 9.98. The van der Waals surface area contributed by atoms with Gasteiger partial charge >= 0.3 is 0 Å². The molecule has 1 aliphatic rings. The number of hydrogen-bond donors (Lipinski definition) is 0. The summed E-state index contributed by atoms with van der Waals surface area (Å²) in [6, 6.07) is 13.7. The van der Waals surface area contributed by atoms with Crippen molar-refractivity contribution in [3.8, 4) is 0 Å². The molecule has 2 heterocycles. The topological polar surface area (TPSA) is 50.5 Å². The Morgan fingerprint density at radius 3 is 2.25 bits per heavy atom. The zero-order chi connectivity index (χ0) is 22.6. The van der Waals surface area contributed by atoms with E-state index < -0.39 is 23.6 Å². The Morgan fingerprint density at radius 1 is 0.969 bits per heavy atom. The Hall–Kier alpha value is -3.51. The van der Waals surface area contributed by atoms with E-state index in [9.17, 15) is 18.4 Å². The summed E-state index contributed by atoms with van der Waals surface area (Å²) in [5, 5.41) is 0.679. The summed E-state index contributed by atoms with van der Waals surface area (Å²) in [5.74, 6) is -1.35. The fourth-order valence-electron chi connectivity index (χ4n) is 4.08. The second kappa shape index (κ2) is 7.57. The van der Waals surface area contributed by atoms with Gasteiger partial charge in [0, 0.05) is 11.6 Å². The standard InChI is InChI=1S/C25H16ClF2NO3/c1-13-10-20-18(11-19(13)26)23(30)21-22(15-4-8-17(28)9-5-15)29(25(31)24(21)32-20)12-14-2-6-16(27)7-3-14/h2-11,22H,12H2,1H3. The number of carbonyl (C=O) groups excluding carboxylic acids is 1. The van der Waals surface area contributed by atoms with Crippen LogP contribution in [0.1, 0.15) is 38.9 Å². The molecule has 4 nitrogen and oxygen atoms in total. The summed E-state index contributed by atoms with van der Waals surface area (Å²) >= 11 is 6.23. The van der Waals surface area contributed by atoms with Crippen LogP contribution in [0.3, 0.4) is 0 Å². The van der Waals surface area contributed by atoms with Crippen molar-refractivity contribution in [3.63, 3.8) is 0 Å². The molecule has 7 heteroatoms. The molecule has 0 saturated carbocycles. The molecule has 4 aromatic rings. The number of rotatable bonds is 3. The lowest BCUT2D eigenvalue weighted by Gasteiger charge is -2.25. The molecule has 0 radical (unpaired) electrons. The molecule has 0 fully saturated rings. The van der Waals surface area contributed by atoms with Gasteiger partial charge in [-0.1, -0.05) is 35.9 Å². The number of nitrogens with zero attached hydrogens (tertiary/aromatic N) is 1. The number of hydrogen-bond acceptors (Lipinski definition) is 3. The first-order valence-corrected chi connectivity index (χ1v) is 10.3. The highest BCUT2D eigenvalue weighted by atomic mass is 35.5. The molecule has 1 aliphatic heterocycles. The van der Waals surface area contributed by atoms with Gasteiger partial charge in [0.2, 0.25) is 5.76 Å². The highest BCUT2D eigenvalue weighted by Crippen LogP contribution is 2.39. The van der Waals surface area contributed by atoms with Crippen molar-refractivity contribution < 1.29 is 18.0 Å². The fourth-order valence-corrected chi connectivity index (χ4v) is 4.25. The predicted molar refractivity (Wildman–Crippen MR) is 117 cm³/mol. The molecule has 1 unspecified atom stereocenters. The Balaban J connectivity index is 1.73. The molecule has 5 rings (SSSR count). The lowest BCUT2D eigenvalue weighted by molar-refractivity contribution is 0.0714. The Bertz CT molecular complexity index is 1430. The van der Waals surface area contributed by atoms with Crippen molar-refractivity contribution in [2.45, 2.75) is 19.5 Å². The Morgan fingerprint density at radius 2 is 1.59 bits per heavy atom. The molecule has 0 spiro atoms. The van der Waals surface area contributed by atoms with E-state index in [1.165, 1.54) is 47.4 Å². The van der Waals surface area contributed by atoms with Crippen molar-refractivity contribution in [1.29, 1.82) is 0 Å². The minimum absolute atomic E-state index is 0.0549. The molecule has 32 heavy (non-hydrogen) atoms. The highest BCUT2D eigenvalue weighted by molar-refractivity contribution is 6.32. The van der Waals surface area contributed by atoms with Crippen LogP contribution >= 0.6 is 11.6 Å². The van der Waals surface area contributed by atoms with E-state index in [0.29, 0.717) is 21.7 Å². The van der Waals surface area contributed by atoms with Gasteiger partial charge in [-0.3, -0.25) is 9.59 Å². The average molecular weight is 452 g/mol. The fraction of sp³-hybridized carbons (Fsp3) is 0.120. The van der Waals surface area contributed by atoms with Gasteiger partial charge < -0.3 is 9.32 Å². The molecule has 1 atom stereocenters. The van der Waals surface area contributed by atoms with Crippen LogP contribution in [0, 0.1) is 18.6 Å². The maximum Gasteiger partial charge on any atom is 0.291 e. The average Bonchev–Trinajstić information content (AvgIpc) is 3.04. The first kappa shape index (κ1) is 20.4. The number of fused-ring (bicyclic) bond motifs is 2. The van der Waals surface area contributed by atoms with E-state index in [2.05, 4.69) is 0 Å². The summed E-state index contributed by atoms with van der Waals surface area (Å²) in [6.07, 6.45) is 0. The van der Waals surface area contributed by atoms with Crippen molar-refractivity contribution in [1.82, 2.24) is 4.90 Å². The minimum atomic E-state index is -0.788. The van der Waals surface area contributed by atoms with Crippen LogP contribution in [0.25, 0.3) is 11.0 Å². The molecular weight excluding hydrogens is 436 g/mol. The van der Waals surface area contributed by atoms with Crippen LogP contribution < -0.4 is 5.43 Å². The zero-order valence-corrected chi connectivity index (χ0v) is 17.6. The molecule has 0 saturated heterocycles. The summed E-state index contributed by atoms with van der Waals surface area (Å²) in [7, 11) is 0. The van der Waals surface area contributed by atoms with Gasteiger partial charge in [-0.05, 0) is 60.0 Å². The van der Waals surface area contributed by atoms with Gasteiger partial charge in [0.05, 0.1) is 17.0 Å². The summed E-state index contributed by atoms with van der Waals surface area (Å²) in [4.78, 5) is 28.4. The summed E-state index contributed by atoms with van der Waals surface area (Å²) in [5.41, 5.74) is 2.03. The second-order valence-corrected chi connectivity index (χ2v) is 8.19. The molecule has 0 aliphatic carbocycles. The summed E-state index contributed by atoms with van der Waals surface area (Å²) < 4.78 is 32.9. The first-order valence-electron chi connectivity index (χ1n) is 9.91. The third-order valence-electron chi connectivity index (χ3n) is 5.70. The van der Waals surface area contributed by atoms with E-state index in [1.807, 2.05) is 0 Å². The van der Waals surface area contributed by atoms with Crippen molar-refractivity contribution in [2.75, 3.05) is 0 Å². The van der Waals surface area contributed by atoms with Crippen molar-refractivity contribution in [2.24, 2.45) is 0 Å². The van der Waals surface area contributed by atoms with Crippen molar-refractivity contribution in [3.05, 3.63) is 116 Å². The molecule has 1 amide bonds. The number of carbonyl (C=O) groups is 1. The largest absolute Gasteiger partial charge is 0.450 e. The van der Waals surface area contributed by atoms with Gasteiger partial charge in [0.15, 0.2) is 5.43 Å². The predicted octanol–water partition coefficient (Wildman–Crippen LogP) is 5.78. The lowest BCUT2D eigenvalue weighted by Crippen LogP contribution is -2.29. The number of amides is 1. The minimum Gasteiger partial charge on any atom is -0.450 e. The van der Waals surface area contributed by atoms with E-state index in [-0.39, 0.29) is 34.3 Å². The van der Waals surface area contributed by atoms with E-state index >= 15 is 0 Å². The maximum atomic E-state index is 13.6. The third-order valence-corrected chi connectivity index (χ3v) is 6.11. The van der Waals surface area contributed by atoms with Crippen LogP contribution in [-0.2, 0) is 6.54 Å². The number of benzene rings is 3. The molecule has 3 aromatic carbocycles. The summed E-state index contributed by atoms with van der Waals surface area (Å²) in [6.45, 7) is 1.89. The van der Waals surface area contributed by atoms with Crippen LogP contribution in [-0.4, -0.2) is 10.8 Å². The molecule has 0 bridgehead atoms. The Kier molecular flexibility index (Phi) is 4.82. The quantitative estimate of drug-likeness (QED) is 0.397. The van der Waals surface area contributed by atoms with Crippen LogP contribution in [0.2, 0.25) is 5.02 Å². The highest BCUT2D eigenvalue weighted by Gasteiger charge is 2.42. The van der Waals surface area contributed by atoms with Gasteiger partial charge in [-0.2, -0.15) is 0 Å². The van der Waals surface area contributed by atoms with Crippen LogP contribution in [0.15, 0.2) is 69.9 Å². The maximum absolute atomic E-state index is 13.6. The Labute approximate surface area is 186 Å². The molecule has 1 aromatic heterocycles. The first-order chi connectivity index (χ1) is 15.3. The molecule has 160 valence electrons. The van der Waals surface area contributed by atoms with Gasteiger partial charge in [0.25, 0.3) is 5.91 Å². The van der Waals surface area contributed by atoms with Crippen LogP contribution in [0.5, 0.6) is 0 Å². The molecule has 0 N–H and O–H groups in total. The van der Waals surface area contributed by atoms with Gasteiger partial charge in [0.1, 0.15) is 17.2 Å². The second-order valence-electron chi connectivity index (χ2n) is 7.79.